The van der Waals surface area contributed by atoms with Gasteiger partial charge in [-0.15, -0.1) is 0 Å². The second kappa shape index (κ2) is 11.8. The molecule has 0 fully saturated rings. The van der Waals surface area contributed by atoms with Crippen LogP contribution in [0.25, 0.3) is 0 Å². The predicted molar refractivity (Wildman–Crippen MR) is 94.1 cm³/mol. The third-order valence-corrected chi connectivity index (χ3v) is 4.51. The average Bonchev–Trinajstić information content (AvgIpc) is 2.47. The van der Waals surface area contributed by atoms with Crippen molar-refractivity contribution in [2.75, 3.05) is 23.7 Å². The van der Waals surface area contributed by atoms with Gasteiger partial charge in [0.1, 0.15) is 0 Å². The van der Waals surface area contributed by atoms with Crippen LogP contribution in [0.2, 0.25) is 0 Å². The van der Waals surface area contributed by atoms with Crippen LogP contribution in [0.4, 0.5) is 5.69 Å². The number of rotatable bonds is 9. The van der Waals surface area contributed by atoms with Crippen LogP contribution in [0.5, 0.6) is 0 Å². The van der Waals surface area contributed by atoms with Gasteiger partial charge in [-0.25, -0.2) is 0 Å². The van der Waals surface area contributed by atoms with Crippen LogP contribution < -0.4 is 4.90 Å². The molecular formula is C16H27NNiS2. The molecule has 0 spiro atoms. The van der Waals surface area contributed by atoms with E-state index in [1.165, 1.54) is 36.9 Å². The number of nitrogens with zero attached hydrogens (tertiary/aromatic N) is 1. The fourth-order valence-electron chi connectivity index (χ4n) is 2.08. The molecule has 20 heavy (non-hydrogen) atoms. The minimum atomic E-state index is 0. The van der Waals surface area contributed by atoms with Gasteiger partial charge in [0.05, 0.1) is 0 Å². The van der Waals surface area contributed by atoms with E-state index in [0.717, 1.165) is 18.8 Å². The monoisotopic (exact) mass is 355 g/mol. The van der Waals surface area contributed by atoms with Crippen molar-refractivity contribution >= 4 is 30.9 Å². The largest absolute Gasteiger partial charge is 0.372 e. The van der Waals surface area contributed by atoms with E-state index in [1.54, 1.807) is 0 Å². The number of benzene rings is 1. The predicted octanol–water partition coefficient (Wildman–Crippen LogP) is 4.99. The summed E-state index contributed by atoms with van der Waals surface area (Å²) in [6.07, 6.45) is 5.02. The number of hydrogen-bond acceptors (Lipinski definition) is 3. The smallest absolute Gasteiger partial charge is 0.0366 e. The first-order valence-corrected chi connectivity index (χ1v) is 8.51. The standard InChI is InChI=1S/C16H27NS2.Ni/c1-3-5-11-17(12-6-4-2)15-9-7-14(8-10-15)16(19)13-18;/h7-10,16,18-19H,3-6,11-13H2,1-2H3;. The van der Waals surface area contributed by atoms with Gasteiger partial charge < -0.3 is 4.90 Å². The van der Waals surface area contributed by atoms with E-state index in [2.05, 4.69) is 68.3 Å². The number of thiol groups is 2. The van der Waals surface area contributed by atoms with Gasteiger partial charge >= 0.3 is 0 Å². The van der Waals surface area contributed by atoms with Crippen molar-refractivity contribution in [2.45, 2.75) is 44.8 Å². The van der Waals surface area contributed by atoms with Crippen LogP contribution in [0.15, 0.2) is 24.3 Å². The first-order chi connectivity index (χ1) is 9.22. The summed E-state index contributed by atoms with van der Waals surface area (Å²) in [6.45, 7) is 6.82. The first kappa shape index (κ1) is 20.2. The molecule has 0 aliphatic heterocycles. The summed E-state index contributed by atoms with van der Waals surface area (Å²) in [4.78, 5) is 2.50. The zero-order chi connectivity index (χ0) is 14.1. The minimum Gasteiger partial charge on any atom is -0.372 e. The number of unbranched alkanes of at least 4 members (excludes halogenated alkanes) is 2. The quantitative estimate of drug-likeness (QED) is 0.466. The van der Waals surface area contributed by atoms with Crippen molar-refractivity contribution in [1.82, 2.24) is 0 Å². The first-order valence-electron chi connectivity index (χ1n) is 7.36. The van der Waals surface area contributed by atoms with Crippen molar-refractivity contribution in [3.05, 3.63) is 29.8 Å². The van der Waals surface area contributed by atoms with E-state index in [0.29, 0.717) is 0 Å². The van der Waals surface area contributed by atoms with Gasteiger partial charge in [-0.05, 0) is 30.5 Å². The molecule has 1 aromatic rings. The second-order valence-corrected chi connectivity index (χ2v) is 5.97. The van der Waals surface area contributed by atoms with E-state index >= 15 is 0 Å². The van der Waals surface area contributed by atoms with Gasteiger partial charge in [0, 0.05) is 46.3 Å². The molecule has 0 heterocycles. The van der Waals surface area contributed by atoms with Crippen LogP contribution in [0.3, 0.4) is 0 Å². The minimum absolute atomic E-state index is 0. The number of hydrogen-bond donors (Lipinski definition) is 2. The maximum Gasteiger partial charge on any atom is 0.0366 e. The van der Waals surface area contributed by atoms with Gasteiger partial charge in [-0.2, -0.15) is 25.3 Å². The summed E-state index contributed by atoms with van der Waals surface area (Å²) in [5, 5.41) is 0.233. The van der Waals surface area contributed by atoms with E-state index in [4.69, 9.17) is 0 Å². The summed E-state index contributed by atoms with van der Waals surface area (Å²) in [6, 6.07) is 8.84. The molecule has 1 rings (SSSR count). The van der Waals surface area contributed by atoms with Crippen molar-refractivity contribution in [1.29, 1.82) is 0 Å². The molecule has 0 radical (unpaired) electrons. The van der Waals surface area contributed by atoms with E-state index in [9.17, 15) is 0 Å². The Hall–Kier alpha value is 0.214. The van der Waals surface area contributed by atoms with Gasteiger partial charge in [0.2, 0.25) is 0 Å². The van der Waals surface area contributed by atoms with Crippen LogP contribution in [-0.4, -0.2) is 18.8 Å². The van der Waals surface area contributed by atoms with Gasteiger partial charge in [0.25, 0.3) is 0 Å². The molecular weight excluding hydrogens is 329 g/mol. The second-order valence-electron chi connectivity index (χ2n) is 4.98. The van der Waals surface area contributed by atoms with Crippen LogP contribution >= 0.6 is 25.3 Å². The molecule has 118 valence electrons. The van der Waals surface area contributed by atoms with Crippen molar-refractivity contribution in [2.24, 2.45) is 0 Å². The van der Waals surface area contributed by atoms with E-state index in [-0.39, 0.29) is 21.7 Å². The molecule has 1 unspecified atom stereocenters. The molecule has 4 heteroatoms. The fourth-order valence-corrected chi connectivity index (χ4v) is 2.46. The number of anilines is 1. The van der Waals surface area contributed by atoms with E-state index < -0.39 is 0 Å². The normalized spacial score (nSPS) is 11.8. The molecule has 1 nitrogen and oxygen atoms in total. The molecule has 0 saturated carbocycles. The average molecular weight is 356 g/mol. The summed E-state index contributed by atoms with van der Waals surface area (Å²) in [5.74, 6) is 0.776. The van der Waals surface area contributed by atoms with Crippen LogP contribution in [0, 0.1) is 0 Å². The fraction of sp³-hybridized carbons (Fsp3) is 0.625. The molecule has 0 aromatic heterocycles. The summed E-state index contributed by atoms with van der Waals surface area (Å²) in [7, 11) is 0. The maximum absolute atomic E-state index is 4.53. The molecule has 1 atom stereocenters. The third kappa shape index (κ3) is 6.78. The SMILES string of the molecule is CCCCN(CCCC)c1ccc(C(S)CS)cc1.[Ni]. The Labute approximate surface area is 145 Å². The van der Waals surface area contributed by atoms with Crippen molar-refractivity contribution < 1.29 is 16.5 Å². The summed E-state index contributed by atoms with van der Waals surface area (Å²) in [5.41, 5.74) is 2.60. The van der Waals surface area contributed by atoms with Gasteiger partial charge in [0.15, 0.2) is 0 Å². The van der Waals surface area contributed by atoms with E-state index in [1.807, 2.05) is 0 Å². The Bertz CT molecular complexity index is 335. The Morgan fingerprint density at radius 3 is 1.90 bits per heavy atom. The van der Waals surface area contributed by atoms with Gasteiger partial charge in [-0.1, -0.05) is 38.8 Å². The zero-order valence-corrected chi connectivity index (χ0v) is 15.3. The molecule has 0 bridgehead atoms. The molecule has 1 aromatic carbocycles. The molecule has 0 N–H and O–H groups in total. The van der Waals surface area contributed by atoms with Crippen LogP contribution in [-0.2, 0) is 16.5 Å². The van der Waals surface area contributed by atoms with Gasteiger partial charge in [-0.3, -0.25) is 0 Å². The van der Waals surface area contributed by atoms with Crippen LogP contribution in [0.1, 0.15) is 50.3 Å². The van der Waals surface area contributed by atoms with Crippen molar-refractivity contribution in [3.8, 4) is 0 Å². The third-order valence-electron chi connectivity index (χ3n) is 3.38. The molecule has 0 aliphatic carbocycles. The maximum atomic E-state index is 4.53. The Kier molecular flexibility index (Phi) is 12.0. The van der Waals surface area contributed by atoms with Crippen molar-refractivity contribution in [3.63, 3.8) is 0 Å². The Morgan fingerprint density at radius 1 is 1.00 bits per heavy atom. The molecule has 0 amide bonds. The molecule has 0 aliphatic rings. The summed E-state index contributed by atoms with van der Waals surface area (Å²) < 4.78 is 0. The molecule has 0 saturated heterocycles. The topological polar surface area (TPSA) is 3.24 Å². The Morgan fingerprint density at radius 2 is 1.50 bits per heavy atom. The zero-order valence-electron chi connectivity index (χ0n) is 12.5. The Balaban J connectivity index is 0.00000361. The summed E-state index contributed by atoms with van der Waals surface area (Å²) >= 11 is 8.83.